The Morgan fingerprint density at radius 2 is 2.00 bits per heavy atom. The van der Waals surface area contributed by atoms with Gasteiger partial charge in [-0.2, -0.15) is 16.7 Å². The number of hydrogen-bond donors (Lipinski definition) is 1. The molecule has 0 bridgehead atoms. The summed E-state index contributed by atoms with van der Waals surface area (Å²) in [6.07, 6.45) is 1.08. The zero-order valence-corrected chi connectivity index (χ0v) is 12.6. The van der Waals surface area contributed by atoms with Crippen molar-refractivity contribution < 1.29 is 0 Å². The largest absolute Gasteiger partial charge is 0.354 e. The minimum absolute atomic E-state index is 0.749. The molecule has 0 amide bonds. The van der Waals surface area contributed by atoms with Crippen LogP contribution in [0, 0.1) is 0 Å². The third-order valence-corrected chi connectivity index (χ3v) is 4.37. The highest BCUT2D eigenvalue weighted by atomic mass is 32.2. The van der Waals surface area contributed by atoms with Crippen LogP contribution in [0.5, 0.6) is 0 Å². The zero-order valence-electron chi connectivity index (χ0n) is 11.8. The fraction of sp³-hybridized carbons (Fsp3) is 0.467. The van der Waals surface area contributed by atoms with E-state index in [-0.39, 0.29) is 0 Å². The maximum Gasteiger partial charge on any atom is 0.225 e. The standard InChI is InChI=1S/C15H20N4S/c1-2-7-16-15-17-13-6-4-3-5-12(13)14(18-15)19-8-10-20-11-9-19/h3-6H,2,7-11H2,1H3,(H,16,17,18). The molecule has 1 aromatic carbocycles. The lowest BCUT2D eigenvalue weighted by Gasteiger charge is -2.28. The molecule has 1 aliphatic rings. The predicted octanol–water partition coefficient (Wildman–Crippen LogP) is 3.00. The summed E-state index contributed by atoms with van der Waals surface area (Å²) in [5, 5.41) is 4.47. The summed E-state index contributed by atoms with van der Waals surface area (Å²) >= 11 is 2.02. The van der Waals surface area contributed by atoms with E-state index >= 15 is 0 Å². The first-order valence-electron chi connectivity index (χ1n) is 7.22. The quantitative estimate of drug-likeness (QED) is 0.936. The Bertz CT molecular complexity index is 581. The second-order valence-corrected chi connectivity index (χ2v) is 6.14. The highest BCUT2D eigenvalue weighted by Gasteiger charge is 2.16. The lowest BCUT2D eigenvalue weighted by atomic mass is 10.2. The van der Waals surface area contributed by atoms with E-state index in [9.17, 15) is 0 Å². The van der Waals surface area contributed by atoms with Crippen LogP contribution in [-0.2, 0) is 0 Å². The number of fused-ring (bicyclic) bond motifs is 1. The van der Waals surface area contributed by atoms with Gasteiger partial charge in [-0.1, -0.05) is 19.1 Å². The highest BCUT2D eigenvalue weighted by molar-refractivity contribution is 7.99. The number of aromatic nitrogens is 2. The van der Waals surface area contributed by atoms with E-state index in [4.69, 9.17) is 4.98 Å². The Kier molecular flexibility index (Phi) is 4.25. The number of nitrogens with zero attached hydrogens (tertiary/aromatic N) is 3. The van der Waals surface area contributed by atoms with Crippen molar-refractivity contribution in [1.29, 1.82) is 0 Å². The van der Waals surface area contributed by atoms with Gasteiger partial charge in [0.05, 0.1) is 5.52 Å². The minimum atomic E-state index is 0.749. The van der Waals surface area contributed by atoms with Gasteiger partial charge >= 0.3 is 0 Å². The van der Waals surface area contributed by atoms with Crippen LogP contribution in [-0.4, -0.2) is 41.1 Å². The molecule has 0 saturated carbocycles. The molecule has 0 atom stereocenters. The van der Waals surface area contributed by atoms with Gasteiger partial charge in [0.25, 0.3) is 0 Å². The maximum atomic E-state index is 4.76. The molecule has 20 heavy (non-hydrogen) atoms. The van der Waals surface area contributed by atoms with Gasteiger partial charge in [0.2, 0.25) is 5.95 Å². The number of benzene rings is 1. The van der Waals surface area contributed by atoms with Crippen LogP contribution in [0.3, 0.4) is 0 Å². The number of rotatable bonds is 4. The number of para-hydroxylation sites is 1. The fourth-order valence-corrected chi connectivity index (χ4v) is 3.30. The number of hydrogen-bond acceptors (Lipinski definition) is 5. The molecule has 3 rings (SSSR count). The molecule has 0 unspecified atom stereocenters. The molecule has 1 N–H and O–H groups in total. The smallest absolute Gasteiger partial charge is 0.225 e. The van der Waals surface area contributed by atoms with Crippen LogP contribution >= 0.6 is 11.8 Å². The molecule has 5 heteroatoms. The summed E-state index contributed by atoms with van der Waals surface area (Å²) in [6.45, 7) is 5.20. The Morgan fingerprint density at radius 1 is 1.20 bits per heavy atom. The molecule has 1 saturated heterocycles. The van der Waals surface area contributed by atoms with Crippen LogP contribution in [0.2, 0.25) is 0 Å². The molecular weight excluding hydrogens is 268 g/mol. The van der Waals surface area contributed by atoms with Crippen molar-refractivity contribution in [2.45, 2.75) is 13.3 Å². The Hall–Kier alpha value is -1.49. The van der Waals surface area contributed by atoms with Crippen LogP contribution in [0.1, 0.15) is 13.3 Å². The molecule has 1 aromatic heterocycles. The molecule has 0 aliphatic carbocycles. The van der Waals surface area contributed by atoms with E-state index < -0.39 is 0 Å². The molecule has 106 valence electrons. The van der Waals surface area contributed by atoms with Gasteiger partial charge in [0, 0.05) is 36.5 Å². The Labute approximate surface area is 124 Å². The van der Waals surface area contributed by atoms with Crippen molar-refractivity contribution in [3.8, 4) is 0 Å². The second-order valence-electron chi connectivity index (χ2n) is 4.91. The van der Waals surface area contributed by atoms with E-state index in [2.05, 4.69) is 40.3 Å². The van der Waals surface area contributed by atoms with E-state index in [1.807, 2.05) is 17.8 Å². The van der Waals surface area contributed by atoms with Gasteiger partial charge in [-0.3, -0.25) is 0 Å². The first-order chi connectivity index (χ1) is 9.88. The first kappa shape index (κ1) is 13.5. The van der Waals surface area contributed by atoms with Gasteiger partial charge in [-0.25, -0.2) is 4.98 Å². The van der Waals surface area contributed by atoms with Crippen molar-refractivity contribution in [1.82, 2.24) is 9.97 Å². The molecule has 2 aromatic rings. The van der Waals surface area contributed by atoms with Crippen molar-refractivity contribution in [2.24, 2.45) is 0 Å². The van der Waals surface area contributed by atoms with Crippen LogP contribution < -0.4 is 10.2 Å². The van der Waals surface area contributed by atoms with Gasteiger partial charge in [-0.15, -0.1) is 0 Å². The summed E-state index contributed by atoms with van der Waals surface area (Å²) in [5.41, 5.74) is 1.02. The summed E-state index contributed by atoms with van der Waals surface area (Å²) in [4.78, 5) is 11.8. The monoisotopic (exact) mass is 288 g/mol. The molecule has 0 spiro atoms. The average Bonchev–Trinajstić information content (AvgIpc) is 2.53. The lowest BCUT2D eigenvalue weighted by Crippen LogP contribution is -2.33. The van der Waals surface area contributed by atoms with E-state index in [1.54, 1.807) is 0 Å². The van der Waals surface area contributed by atoms with Gasteiger partial charge < -0.3 is 10.2 Å². The molecule has 0 radical (unpaired) electrons. The summed E-state index contributed by atoms with van der Waals surface area (Å²) in [7, 11) is 0. The van der Waals surface area contributed by atoms with Crippen molar-refractivity contribution in [2.75, 3.05) is 41.4 Å². The van der Waals surface area contributed by atoms with Crippen LogP contribution in [0.15, 0.2) is 24.3 Å². The summed E-state index contributed by atoms with van der Waals surface area (Å²) in [5.74, 6) is 4.18. The second kappa shape index (κ2) is 6.31. The molecule has 1 fully saturated rings. The molecule has 2 heterocycles. The van der Waals surface area contributed by atoms with E-state index in [0.29, 0.717) is 0 Å². The Morgan fingerprint density at radius 3 is 2.80 bits per heavy atom. The lowest BCUT2D eigenvalue weighted by molar-refractivity contribution is 0.840. The maximum absolute atomic E-state index is 4.76. The van der Waals surface area contributed by atoms with Gasteiger partial charge in [-0.05, 0) is 18.6 Å². The number of anilines is 2. The predicted molar refractivity (Wildman–Crippen MR) is 87.9 cm³/mol. The number of thioether (sulfide) groups is 1. The topological polar surface area (TPSA) is 41.1 Å². The van der Waals surface area contributed by atoms with Crippen LogP contribution in [0.25, 0.3) is 10.9 Å². The van der Waals surface area contributed by atoms with Crippen molar-refractivity contribution >= 4 is 34.4 Å². The third-order valence-electron chi connectivity index (χ3n) is 3.43. The molecule has 4 nitrogen and oxygen atoms in total. The fourth-order valence-electron chi connectivity index (χ4n) is 2.39. The average molecular weight is 288 g/mol. The van der Waals surface area contributed by atoms with Gasteiger partial charge in [0.1, 0.15) is 5.82 Å². The first-order valence-corrected chi connectivity index (χ1v) is 8.37. The SMILES string of the molecule is CCCNc1nc(N2CCSCC2)c2ccccc2n1. The number of nitrogens with one attached hydrogen (secondary N) is 1. The zero-order chi connectivity index (χ0) is 13.8. The third kappa shape index (κ3) is 2.82. The minimum Gasteiger partial charge on any atom is -0.354 e. The molecule has 1 aliphatic heterocycles. The van der Waals surface area contributed by atoms with E-state index in [1.165, 1.54) is 11.5 Å². The van der Waals surface area contributed by atoms with Crippen LogP contribution in [0.4, 0.5) is 11.8 Å². The van der Waals surface area contributed by atoms with Crippen molar-refractivity contribution in [3.63, 3.8) is 0 Å². The summed E-state index contributed by atoms with van der Waals surface area (Å²) in [6, 6.07) is 8.29. The van der Waals surface area contributed by atoms with Gasteiger partial charge in [0.15, 0.2) is 0 Å². The van der Waals surface area contributed by atoms with E-state index in [0.717, 1.165) is 48.7 Å². The molecular formula is C15H20N4S. The highest BCUT2D eigenvalue weighted by Crippen LogP contribution is 2.27. The Balaban J connectivity index is 2.02. The normalized spacial score (nSPS) is 15.6. The van der Waals surface area contributed by atoms with Crippen molar-refractivity contribution in [3.05, 3.63) is 24.3 Å². The summed E-state index contributed by atoms with van der Waals surface area (Å²) < 4.78 is 0.